The molecular weight excluding hydrogens is 340 g/mol. The van der Waals surface area contributed by atoms with Crippen molar-refractivity contribution in [3.63, 3.8) is 0 Å². The Kier molecular flexibility index (Phi) is 6.20. The van der Waals surface area contributed by atoms with E-state index in [1.165, 1.54) is 11.1 Å². The number of hydrogen-bond donors (Lipinski definition) is 1. The molecule has 5 nitrogen and oxygen atoms in total. The monoisotopic (exact) mass is 372 g/mol. The fourth-order valence-corrected chi connectivity index (χ4v) is 4.39. The highest BCUT2D eigenvalue weighted by Crippen LogP contribution is 2.37. The van der Waals surface area contributed by atoms with Gasteiger partial charge in [-0.2, -0.15) is 0 Å². The molecule has 2 heterocycles. The van der Waals surface area contributed by atoms with Crippen LogP contribution in [0.1, 0.15) is 50.7 Å². The van der Waals surface area contributed by atoms with E-state index in [4.69, 9.17) is 4.74 Å². The van der Waals surface area contributed by atoms with Crippen molar-refractivity contribution in [2.45, 2.75) is 64.5 Å². The van der Waals surface area contributed by atoms with Crippen molar-refractivity contribution in [2.75, 3.05) is 19.8 Å². The molecule has 2 saturated heterocycles. The van der Waals surface area contributed by atoms with Crippen LogP contribution in [0.25, 0.3) is 0 Å². The molecule has 1 aromatic rings. The van der Waals surface area contributed by atoms with Gasteiger partial charge in [-0.1, -0.05) is 43.7 Å². The van der Waals surface area contributed by atoms with E-state index in [0.29, 0.717) is 38.5 Å². The third kappa shape index (κ3) is 4.89. The quantitative estimate of drug-likeness (QED) is 0.835. The predicted molar refractivity (Wildman–Crippen MR) is 105 cm³/mol. The summed E-state index contributed by atoms with van der Waals surface area (Å²) in [5, 5.41) is 3.14. The summed E-state index contributed by atoms with van der Waals surface area (Å²) in [5.74, 6) is 0.586. The summed E-state index contributed by atoms with van der Waals surface area (Å²) in [6.45, 7) is 8.03. The Morgan fingerprint density at radius 2 is 2.19 bits per heavy atom. The molecule has 2 unspecified atom stereocenters. The van der Waals surface area contributed by atoms with Crippen LogP contribution in [-0.4, -0.2) is 48.1 Å². The van der Waals surface area contributed by atoms with Crippen LogP contribution in [0.4, 0.5) is 0 Å². The summed E-state index contributed by atoms with van der Waals surface area (Å²) in [4.78, 5) is 27.2. The van der Waals surface area contributed by atoms with E-state index in [1.54, 1.807) is 0 Å². The largest absolute Gasteiger partial charge is 0.379 e. The van der Waals surface area contributed by atoms with Crippen molar-refractivity contribution in [2.24, 2.45) is 5.92 Å². The Labute approximate surface area is 162 Å². The number of carbonyl (C=O) groups excluding carboxylic acids is 2. The molecule has 0 aliphatic carbocycles. The van der Waals surface area contributed by atoms with Crippen molar-refractivity contribution >= 4 is 11.8 Å². The van der Waals surface area contributed by atoms with Crippen molar-refractivity contribution in [3.05, 3.63) is 35.4 Å². The van der Waals surface area contributed by atoms with Crippen LogP contribution in [0.2, 0.25) is 0 Å². The molecule has 5 heteroatoms. The molecular formula is C22H32N2O3. The molecule has 1 spiro atoms. The van der Waals surface area contributed by atoms with E-state index in [0.717, 1.165) is 19.3 Å². The molecule has 3 rings (SSSR count). The molecule has 27 heavy (non-hydrogen) atoms. The summed E-state index contributed by atoms with van der Waals surface area (Å²) >= 11 is 0. The number of aryl methyl sites for hydroxylation is 2. The second-order valence-corrected chi connectivity index (χ2v) is 8.59. The summed E-state index contributed by atoms with van der Waals surface area (Å²) in [6, 6.07) is 8.35. The smallest absolute Gasteiger partial charge is 0.223 e. The van der Waals surface area contributed by atoms with Crippen molar-refractivity contribution < 1.29 is 14.3 Å². The fraction of sp³-hybridized carbons (Fsp3) is 0.636. The van der Waals surface area contributed by atoms with Crippen LogP contribution in [-0.2, 0) is 20.7 Å². The minimum atomic E-state index is -0.237. The SMILES string of the molecule is Cc1cccc(CCC(=O)N2CC(NC(=O)CC(C)C)CC23CCOC3)c1. The lowest BCUT2D eigenvalue weighted by Crippen LogP contribution is -2.48. The van der Waals surface area contributed by atoms with Crippen LogP contribution in [0.5, 0.6) is 0 Å². The van der Waals surface area contributed by atoms with E-state index < -0.39 is 0 Å². The average Bonchev–Trinajstić information content (AvgIpc) is 3.19. The summed E-state index contributed by atoms with van der Waals surface area (Å²) in [5.41, 5.74) is 2.18. The van der Waals surface area contributed by atoms with E-state index >= 15 is 0 Å². The summed E-state index contributed by atoms with van der Waals surface area (Å²) < 4.78 is 5.65. The first-order valence-electron chi connectivity index (χ1n) is 10.1. The fourth-order valence-electron chi connectivity index (χ4n) is 4.39. The number of hydrogen-bond acceptors (Lipinski definition) is 3. The minimum absolute atomic E-state index is 0.0286. The average molecular weight is 373 g/mol. The molecule has 0 aromatic heterocycles. The van der Waals surface area contributed by atoms with E-state index in [1.807, 2.05) is 24.8 Å². The summed E-state index contributed by atoms with van der Waals surface area (Å²) in [7, 11) is 0. The number of amides is 2. The van der Waals surface area contributed by atoms with E-state index in [9.17, 15) is 9.59 Å². The third-order valence-corrected chi connectivity index (χ3v) is 5.65. The molecule has 2 fully saturated rings. The van der Waals surface area contributed by atoms with Gasteiger partial charge in [-0.3, -0.25) is 9.59 Å². The van der Waals surface area contributed by atoms with Gasteiger partial charge in [0.1, 0.15) is 0 Å². The Balaban J connectivity index is 1.63. The Morgan fingerprint density at radius 3 is 2.85 bits per heavy atom. The third-order valence-electron chi connectivity index (χ3n) is 5.65. The Morgan fingerprint density at radius 1 is 1.37 bits per heavy atom. The van der Waals surface area contributed by atoms with Gasteiger partial charge in [0, 0.05) is 32.0 Å². The van der Waals surface area contributed by atoms with Gasteiger partial charge in [0.15, 0.2) is 0 Å². The second kappa shape index (κ2) is 8.42. The first-order valence-corrected chi connectivity index (χ1v) is 10.1. The van der Waals surface area contributed by atoms with Crippen LogP contribution in [0, 0.1) is 12.8 Å². The summed E-state index contributed by atoms with van der Waals surface area (Å²) in [6.07, 6.45) is 3.43. The molecule has 2 amide bonds. The van der Waals surface area contributed by atoms with Gasteiger partial charge >= 0.3 is 0 Å². The zero-order valence-electron chi connectivity index (χ0n) is 16.8. The molecule has 0 bridgehead atoms. The minimum Gasteiger partial charge on any atom is -0.379 e. The second-order valence-electron chi connectivity index (χ2n) is 8.59. The van der Waals surface area contributed by atoms with Gasteiger partial charge in [0.25, 0.3) is 0 Å². The van der Waals surface area contributed by atoms with Crippen LogP contribution < -0.4 is 5.32 Å². The normalized spacial score (nSPS) is 24.7. The number of carbonyl (C=O) groups is 2. The first-order chi connectivity index (χ1) is 12.9. The van der Waals surface area contributed by atoms with Crippen molar-refractivity contribution in [1.82, 2.24) is 10.2 Å². The lowest BCUT2D eigenvalue weighted by atomic mass is 9.93. The predicted octanol–water partition coefficient (Wildman–Crippen LogP) is 2.85. The highest BCUT2D eigenvalue weighted by atomic mass is 16.5. The maximum atomic E-state index is 13.0. The van der Waals surface area contributed by atoms with Gasteiger partial charge < -0.3 is 15.0 Å². The van der Waals surface area contributed by atoms with E-state index in [2.05, 4.69) is 30.4 Å². The van der Waals surface area contributed by atoms with Gasteiger partial charge in [0.2, 0.25) is 11.8 Å². The van der Waals surface area contributed by atoms with Crippen molar-refractivity contribution in [3.8, 4) is 0 Å². The van der Waals surface area contributed by atoms with Gasteiger partial charge in [0.05, 0.1) is 12.1 Å². The van der Waals surface area contributed by atoms with Gasteiger partial charge in [-0.05, 0) is 37.7 Å². The molecule has 1 aromatic carbocycles. The number of rotatable bonds is 6. The molecule has 0 radical (unpaired) electrons. The van der Waals surface area contributed by atoms with Crippen LogP contribution in [0.3, 0.4) is 0 Å². The molecule has 2 aliphatic heterocycles. The number of ether oxygens (including phenoxy) is 1. The molecule has 1 N–H and O–H groups in total. The number of benzene rings is 1. The lowest BCUT2D eigenvalue weighted by molar-refractivity contribution is -0.135. The van der Waals surface area contributed by atoms with Gasteiger partial charge in [-0.25, -0.2) is 0 Å². The van der Waals surface area contributed by atoms with Crippen LogP contribution in [0.15, 0.2) is 24.3 Å². The number of likely N-dealkylation sites (tertiary alicyclic amines) is 1. The number of nitrogens with one attached hydrogen (secondary N) is 1. The Bertz CT molecular complexity index is 680. The van der Waals surface area contributed by atoms with Gasteiger partial charge in [-0.15, -0.1) is 0 Å². The standard InChI is InChI=1S/C22H32N2O3/c1-16(2)11-20(25)23-19-13-22(9-10-27-15-22)24(14-19)21(26)8-7-18-6-4-5-17(3)12-18/h4-6,12,16,19H,7-11,13-15H2,1-3H3,(H,23,25). The maximum Gasteiger partial charge on any atom is 0.223 e. The van der Waals surface area contributed by atoms with E-state index in [-0.39, 0.29) is 23.4 Å². The number of nitrogens with zero attached hydrogens (tertiary/aromatic N) is 1. The highest BCUT2D eigenvalue weighted by molar-refractivity contribution is 5.79. The zero-order chi connectivity index (χ0) is 19.4. The van der Waals surface area contributed by atoms with Crippen LogP contribution >= 0.6 is 0 Å². The maximum absolute atomic E-state index is 13.0. The zero-order valence-corrected chi connectivity index (χ0v) is 16.8. The molecule has 2 atom stereocenters. The first kappa shape index (κ1) is 19.9. The lowest BCUT2D eigenvalue weighted by Gasteiger charge is -2.33. The molecule has 0 saturated carbocycles. The van der Waals surface area contributed by atoms with Crippen molar-refractivity contribution in [1.29, 1.82) is 0 Å². The topological polar surface area (TPSA) is 58.6 Å². The molecule has 148 valence electrons. The Hall–Kier alpha value is -1.88. The highest BCUT2D eigenvalue weighted by Gasteiger charge is 2.50. The molecule has 2 aliphatic rings.